The van der Waals surface area contributed by atoms with Crippen LogP contribution in [0.15, 0.2) is 18.5 Å². The molecule has 2 N–H and O–H groups in total. The van der Waals surface area contributed by atoms with E-state index in [-0.39, 0.29) is 0 Å². The van der Waals surface area contributed by atoms with E-state index in [4.69, 9.17) is 5.21 Å². The van der Waals surface area contributed by atoms with Gasteiger partial charge in [0.15, 0.2) is 0 Å². The number of hydrogen-bond donors (Lipinski definition) is 2. The molecule has 7 heteroatoms. The van der Waals surface area contributed by atoms with Gasteiger partial charge in [0, 0.05) is 11.8 Å². The van der Waals surface area contributed by atoms with Gasteiger partial charge in [-0.15, -0.1) is 0 Å². The fraction of sp³-hybridized carbons (Fsp3) is 0.400. The van der Waals surface area contributed by atoms with Gasteiger partial charge in [-0.3, -0.25) is 10.0 Å². The van der Waals surface area contributed by atoms with Crippen LogP contribution in [0.2, 0.25) is 0 Å². The minimum atomic E-state index is -2.66. The topological polar surface area (TPSA) is 67.2 Å². The van der Waals surface area contributed by atoms with Crippen molar-refractivity contribution in [2.75, 3.05) is 0 Å². The molecule has 0 fully saturated rings. The van der Waals surface area contributed by atoms with Crippen molar-refractivity contribution >= 4 is 11.5 Å². The fourth-order valence-electron chi connectivity index (χ4n) is 1.86. The van der Waals surface area contributed by atoms with E-state index in [1.807, 2.05) is 0 Å². The van der Waals surface area contributed by atoms with E-state index >= 15 is 0 Å². The molecule has 5 nitrogen and oxygen atoms in total. The van der Waals surface area contributed by atoms with E-state index in [0.29, 0.717) is 23.1 Å². The zero-order chi connectivity index (χ0) is 12.4. The molecule has 1 heterocycles. The number of nitrogens with one attached hydrogen (secondary N) is 1. The van der Waals surface area contributed by atoms with Crippen molar-refractivity contribution in [3.05, 3.63) is 24.0 Å². The number of hydroxylamine groups is 1. The predicted molar refractivity (Wildman–Crippen MR) is 54.1 cm³/mol. The standard InChI is InChI=1S/C10H11F2N3O2/c11-10(12)15-5-8(4-13-15)6-1-2-7(3-6)9(16)14-17/h3-5,7,10,17H,1-2H2,(H,14,16). The van der Waals surface area contributed by atoms with E-state index in [2.05, 4.69) is 5.10 Å². The monoisotopic (exact) mass is 243 g/mol. The van der Waals surface area contributed by atoms with Gasteiger partial charge in [0.05, 0.1) is 12.1 Å². The number of aromatic nitrogens is 2. The molecule has 1 amide bonds. The average molecular weight is 243 g/mol. The lowest BCUT2D eigenvalue weighted by Gasteiger charge is -2.01. The molecule has 1 unspecified atom stereocenters. The van der Waals surface area contributed by atoms with Gasteiger partial charge in [-0.2, -0.15) is 13.9 Å². The third kappa shape index (κ3) is 2.33. The van der Waals surface area contributed by atoms with E-state index in [0.717, 1.165) is 5.57 Å². The molecule has 0 saturated heterocycles. The Morgan fingerprint density at radius 2 is 2.41 bits per heavy atom. The van der Waals surface area contributed by atoms with Crippen molar-refractivity contribution in [1.82, 2.24) is 15.3 Å². The molecule has 0 bridgehead atoms. The van der Waals surface area contributed by atoms with Crippen LogP contribution in [0, 0.1) is 5.92 Å². The SMILES string of the molecule is O=C(NO)C1C=C(c2cnn(C(F)F)c2)CC1. The van der Waals surface area contributed by atoms with Gasteiger partial charge in [0.25, 0.3) is 0 Å². The Balaban J connectivity index is 2.15. The maximum atomic E-state index is 12.3. The van der Waals surface area contributed by atoms with Gasteiger partial charge in [0.1, 0.15) is 0 Å². The highest BCUT2D eigenvalue weighted by atomic mass is 19.3. The van der Waals surface area contributed by atoms with Crippen LogP contribution in [0.25, 0.3) is 5.57 Å². The number of amides is 1. The normalized spacial score (nSPS) is 19.5. The Morgan fingerprint density at radius 1 is 1.65 bits per heavy atom. The summed E-state index contributed by atoms with van der Waals surface area (Å²) in [5, 5.41) is 12.0. The Labute approximate surface area is 95.7 Å². The molecule has 1 atom stereocenters. The van der Waals surface area contributed by atoms with Crippen molar-refractivity contribution in [2.45, 2.75) is 19.4 Å². The second-order valence-corrected chi connectivity index (χ2v) is 3.80. The highest BCUT2D eigenvalue weighted by Crippen LogP contribution is 2.31. The van der Waals surface area contributed by atoms with Crippen LogP contribution in [-0.4, -0.2) is 20.9 Å². The lowest BCUT2D eigenvalue weighted by Crippen LogP contribution is -2.25. The van der Waals surface area contributed by atoms with Crippen LogP contribution in [0.3, 0.4) is 0 Å². The number of rotatable bonds is 3. The summed E-state index contributed by atoms with van der Waals surface area (Å²) < 4.78 is 25.2. The number of carbonyl (C=O) groups is 1. The Hall–Kier alpha value is -1.76. The number of carbonyl (C=O) groups excluding carboxylic acids is 1. The Morgan fingerprint density at radius 3 is 3.00 bits per heavy atom. The predicted octanol–water partition coefficient (Wildman–Crippen LogP) is 1.58. The molecule has 0 spiro atoms. The van der Waals surface area contributed by atoms with Gasteiger partial charge in [-0.05, 0) is 18.4 Å². The van der Waals surface area contributed by atoms with Crippen LogP contribution < -0.4 is 5.48 Å². The van der Waals surface area contributed by atoms with Crippen LogP contribution in [0.1, 0.15) is 25.0 Å². The second kappa shape index (κ2) is 4.62. The summed E-state index contributed by atoms with van der Waals surface area (Å²) in [6.07, 6.45) is 5.42. The number of alkyl halides is 2. The first-order valence-electron chi connectivity index (χ1n) is 5.09. The van der Waals surface area contributed by atoms with Crippen LogP contribution in [0.5, 0.6) is 0 Å². The first-order valence-corrected chi connectivity index (χ1v) is 5.09. The first kappa shape index (κ1) is 11.7. The maximum Gasteiger partial charge on any atom is 0.333 e. The summed E-state index contributed by atoms with van der Waals surface area (Å²) in [5.74, 6) is -0.897. The third-order valence-corrected chi connectivity index (χ3v) is 2.75. The summed E-state index contributed by atoms with van der Waals surface area (Å²) in [4.78, 5) is 11.2. The average Bonchev–Trinajstić information content (AvgIpc) is 2.95. The molecule has 17 heavy (non-hydrogen) atoms. The van der Waals surface area contributed by atoms with Crippen molar-refractivity contribution in [3.8, 4) is 0 Å². The van der Waals surface area contributed by atoms with E-state index in [9.17, 15) is 13.6 Å². The van der Waals surface area contributed by atoms with Gasteiger partial charge < -0.3 is 0 Å². The van der Waals surface area contributed by atoms with E-state index in [1.165, 1.54) is 12.4 Å². The molecule has 0 aromatic carbocycles. The summed E-state index contributed by atoms with van der Waals surface area (Å²) >= 11 is 0. The molecular formula is C10H11F2N3O2. The maximum absolute atomic E-state index is 12.3. The van der Waals surface area contributed by atoms with Gasteiger partial charge >= 0.3 is 6.55 Å². The van der Waals surface area contributed by atoms with Crippen molar-refractivity contribution < 1.29 is 18.8 Å². The molecule has 92 valence electrons. The zero-order valence-electron chi connectivity index (χ0n) is 8.81. The lowest BCUT2D eigenvalue weighted by molar-refractivity contribution is -0.131. The van der Waals surface area contributed by atoms with Crippen molar-refractivity contribution in [2.24, 2.45) is 5.92 Å². The quantitative estimate of drug-likeness (QED) is 0.625. The number of hydrogen-bond acceptors (Lipinski definition) is 3. The minimum absolute atomic E-state index is 0.412. The van der Waals surface area contributed by atoms with Gasteiger partial charge in [0.2, 0.25) is 5.91 Å². The summed E-state index contributed by atoms with van der Waals surface area (Å²) in [7, 11) is 0. The smallest absolute Gasteiger partial charge is 0.289 e. The molecule has 0 radical (unpaired) electrons. The van der Waals surface area contributed by atoms with Gasteiger partial charge in [-0.25, -0.2) is 10.2 Å². The van der Waals surface area contributed by atoms with Crippen LogP contribution >= 0.6 is 0 Å². The molecule has 1 aromatic rings. The molecule has 0 aliphatic heterocycles. The van der Waals surface area contributed by atoms with Crippen molar-refractivity contribution in [1.29, 1.82) is 0 Å². The lowest BCUT2D eigenvalue weighted by atomic mass is 10.1. The summed E-state index contributed by atoms with van der Waals surface area (Å²) in [6, 6.07) is 0. The summed E-state index contributed by atoms with van der Waals surface area (Å²) in [5.41, 5.74) is 2.96. The molecular weight excluding hydrogens is 232 g/mol. The molecule has 1 aliphatic rings. The number of nitrogens with zero attached hydrogens (tertiary/aromatic N) is 2. The van der Waals surface area contributed by atoms with E-state index < -0.39 is 18.4 Å². The van der Waals surface area contributed by atoms with Crippen molar-refractivity contribution in [3.63, 3.8) is 0 Å². The Bertz CT molecular complexity index is 456. The third-order valence-electron chi connectivity index (χ3n) is 2.75. The fourth-order valence-corrected chi connectivity index (χ4v) is 1.86. The Kier molecular flexibility index (Phi) is 3.19. The van der Waals surface area contributed by atoms with Crippen LogP contribution in [0.4, 0.5) is 8.78 Å². The molecule has 1 aliphatic carbocycles. The van der Waals surface area contributed by atoms with Gasteiger partial charge in [-0.1, -0.05) is 6.08 Å². The van der Waals surface area contributed by atoms with E-state index in [1.54, 1.807) is 11.6 Å². The largest absolute Gasteiger partial charge is 0.333 e. The number of halogens is 2. The highest BCUT2D eigenvalue weighted by Gasteiger charge is 2.23. The second-order valence-electron chi connectivity index (χ2n) is 3.80. The number of allylic oxidation sites excluding steroid dienone is 1. The zero-order valence-corrected chi connectivity index (χ0v) is 8.81. The molecule has 0 saturated carbocycles. The first-order chi connectivity index (χ1) is 8.11. The summed E-state index contributed by atoms with van der Waals surface area (Å²) in [6.45, 7) is -2.66. The highest BCUT2D eigenvalue weighted by molar-refractivity contribution is 5.84. The molecule has 2 rings (SSSR count). The minimum Gasteiger partial charge on any atom is -0.289 e. The molecule has 1 aromatic heterocycles. The van der Waals surface area contributed by atoms with Crippen LogP contribution in [-0.2, 0) is 4.79 Å².